The predicted octanol–water partition coefficient (Wildman–Crippen LogP) is 3.34. The Hall–Kier alpha value is -1.99. The second-order valence-electron chi connectivity index (χ2n) is 4.30. The van der Waals surface area contributed by atoms with Crippen molar-refractivity contribution in [2.24, 2.45) is 0 Å². The number of anilines is 1. The van der Waals surface area contributed by atoms with Crippen molar-refractivity contribution in [1.29, 1.82) is 0 Å². The first-order chi connectivity index (χ1) is 10.3. The highest BCUT2D eigenvalue weighted by atomic mass is 35.5. The number of thiophene rings is 1. The summed E-state index contributed by atoms with van der Waals surface area (Å²) in [4.78, 5) is 13.8. The number of hydrogen-bond donors (Lipinski definition) is 1. The molecule has 0 aliphatic carbocycles. The molecule has 3 aromatic rings. The van der Waals surface area contributed by atoms with Crippen LogP contribution in [0.25, 0.3) is 5.95 Å². The van der Waals surface area contributed by atoms with Crippen LogP contribution in [-0.2, 0) is 0 Å². The molecule has 0 bridgehead atoms. The minimum Gasteiger partial charge on any atom is -0.346 e. The largest absolute Gasteiger partial charge is 0.346 e. The molecule has 1 atom stereocenters. The number of hydrogen-bond acceptors (Lipinski definition) is 6. The van der Waals surface area contributed by atoms with Crippen LogP contribution >= 0.6 is 22.9 Å². The zero-order valence-electron chi connectivity index (χ0n) is 11.3. The predicted molar refractivity (Wildman–Crippen MR) is 82.9 cm³/mol. The maximum atomic E-state index is 5.98. The number of nitrogens with zero attached hydrogens (tertiary/aromatic N) is 5. The molecule has 108 valence electrons. The summed E-state index contributed by atoms with van der Waals surface area (Å²) in [6.07, 6.45) is 4.33. The van der Waals surface area contributed by atoms with Gasteiger partial charge in [0, 0.05) is 17.3 Å². The second kappa shape index (κ2) is 6.19. The molecule has 0 saturated heterocycles. The van der Waals surface area contributed by atoms with Crippen molar-refractivity contribution in [3.8, 4) is 5.95 Å². The van der Waals surface area contributed by atoms with Crippen molar-refractivity contribution in [2.45, 2.75) is 19.4 Å². The summed E-state index contributed by atoms with van der Waals surface area (Å²) >= 11 is 7.67. The first-order valence-electron chi connectivity index (χ1n) is 6.48. The van der Waals surface area contributed by atoms with Gasteiger partial charge in [0.2, 0.25) is 11.2 Å². The third-order valence-corrected chi connectivity index (χ3v) is 4.06. The summed E-state index contributed by atoms with van der Waals surface area (Å²) in [5.74, 6) is 0.837. The fourth-order valence-electron chi connectivity index (χ4n) is 1.91. The van der Waals surface area contributed by atoms with Gasteiger partial charge in [0.25, 0.3) is 5.95 Å². The van der Waals surface area contributed by atoms with Gasteiger partial charge in [-0.1, -0.05) is 13.0 Å². The number of halogens is 1. The lowest BCUT2D eigenvalue weighted by Gasteiger charge is -2.15. The lowest BCUT2D eigenvalue weighted by atomic mass is 10.2. The van der Waals surface area contributed by atoms with Gasteiger partial charge in [0.1, 0.15) is 0 Å². The van der Waals surface area contributed by atoms with Crippen molar-refractivity contribution < 1.29 is 0 Å². The summed E-state index contributed by atoms with van der Waals surface area (Å²) < 4.78 is 1.55. The lowest BCUT2D eigenvalue weighted by molar-refractivity contribution is 0.738. The van der Waals surface area contributed by atoms with Crippen molar-refractivity contribution in [1.82, 2.24) is 24.7 Å². The zero-order chi connectivity index (χ0) is 14.7. The fourth-order valence-corrected chi connectivity index (χ4v) is 2.93. The van der Waals surface area contributed by atoms with E-state index in [1.165, 1.54) is 4.88 Å². The van der Waals surface area contributed by atoms with E-state index in [0.717, 1.165) is 6.42 Å². The average molecular weight is 321 g/mol. The highest BCUT2D eigenvalue weighted by molar-refractivity contribution is 7.10. The van der Waals surface area contributed by atoms with Gasteiger partial charge in [-0.15, -0.1) is 11.3 Å². The van der Waals surface area contributed by atoms with Gasteiger partial charge in [0.15, 0.2) is 0 Å². The monoisotopic (exact) mass is 320 g/mol. The first kappa shape index (κ1) is 14.0. The molecule has 0 saturated carbocycles. The molecule has 21 heavy (non-hydrogen) atoms. The van der Waals surface area contributed by atoms with Gasteiger partial charge >= 0.3 is 0 Å². The van der Waals surface area contributed by atoms with Crippen LogP contribution < -0.4 is 5.32 Å². The molecule has 0 radical (unpaired) electrons. The SMILES string of the molecule is CCC(Nc1nc(Cl)nc(-n2cccn2)n1)c1cccs1. The molecule has 0 amide bonds. The normalized spacial score (nSPS) is 12.3. The summed E-state index contributed by atoms with van der Waals surface area (Å²) in [5.41, 5.74) is 0. The molecule has 3 aromatic heterocycles. The molecule has 0 aromatic carbocycles. The smallest absolute Gasteiger partial charge is 0.256 e. The first-order valence-corrected chi connectivity index (χ1v) is 7.73. The molecule has 1 unspecified atom stereocenters. The highest BCUT2D eigenvalue weighted by Gasteiger charge is 2.14. The summed E-state index contributed by atoms with van der Waals surface area (Å²) in [7, 11) is 0. The average Bonchev–Trinajstić information content (AvgIpc) is 3.16. The molecular weight excluding hydrogens is 308 g/mol. The maximum Gasteiger partial charge on any atom is 0.256 e. The standard InChI is InChI=1S/C13H13ClN6S/c1-2-9(10-5-3-8-21-10)16-12-17-11(14)18-13(19-12)20-7-4-6-15-20/h3-9H,2H2,1H3,(H,16,17,18,19). The molecule has 6 nitrogen and oxygen atoms in total. The van der Waals surface area contributed by atoms with Crippen LogP contribution in [0.2, 0.25) is 5.28 Å². The number of nitrogens with one attached hydrogen (secondary N) is 1. The Morgan fingerprint density at radius 3 is 2.90 bits per heavy atom. The van der Waals surface area contributed by atoms with Crippen molar-refractivity contribution in [3.63, 3.8) is 0 Å². The Labute approximate surface area is 130 Å². The molecule has 3 rings (SSSR count). The third-order valence-electron chi connectivity index (χ3n) is 2.90. The minimum absolute atomic E-state index is 0.138. The van der Waals surface area contributed by atoms with Crippen LogP contribution in [0, 0.1) is 0 Å². The van der Waals surface area contributed by atoms with Gasteiger partial charge in [-0.3, -0.25) is 0 Å². The third kappa shape index (κ3) is 3.20. The van der Waals surface area contributed by atoms with E-state index < -0.39 is 0 Å². The van der Waals surface area contributed by atoms with Crippen molar-refractivity contribution >= 4 is 28.9 Å². The Kier molecular flexibility index (Phi) is 4.12. The molecule has 8 heteroatoms. The van der Waals surface area contributed by atoms with Crippen molar-refractivity contribution in [2.75, 3.05) is 5.32 Å². The van der Waals surface area contributed by atoms with Crippen LogP contribution in [0.5, 0.6) is 0 Å². The molecule has 0 fully saturated rings. The van der Waals surface area contributed by atoms with Gasteiger partial charge < -0.3 is 5.32 Å². The number of rotatable bonds is 5. The van der Waals surface area contributed by atoms with E-state index in [2.05, 4.69) is 43.7 Å². The molecule has 0 aliphatic rings. The minimum atomic E-state index is 0.138. The van der Waals surface area contributed by atoms with Gasteiger partial charge in [-0.05, 0) is 35.5 Å². The van der Waals surface area contributed by atoms with E-state index in [9.17, 15) is 0 Å². The Bertz CT molecular complexity index is 698. The Morgan fingerprint density at radius 1 is 1.33 bits per heavy atom. The van der Waals surface area contributed by atoms with E-state index in [-0.39, 0.29) is 11.3 Å². The highest BCUT2D eigenvalue weighted by Crippen LogP contribution is 2.25. The number of aromatic nitrogens is 5. The molecular formula is C13H13ClN6S. The van der Waals surface area contributed by atoms with E-state index in [1.807, 2.05) is 6.07 Å². The molecule has 1 N–H and O–H groups in total. The van der Waals surface area contributed by atoms with E-state index in [4.69, 9.17) is 11.6 Å². The van der Waals surface area contributed by atoms with Crippen LogP contribution in [0.15, 0.2) is 36.0 Å². The summed E-state index contributed by atoms with van der Waals surface area (Å²) in [5, 5.41) is 9.58. The topological polar surface area (TPSA) is 68.5 Å². The van der Waals surface area contributed by atoms with E-state index in [1.54, 1.807) is 34.5 Å². The van der Waals surface area contributed by atoms with E-state index in [0.29, 0.717) is 11.9 Å². The van der Waals surface area contributed by atoms with Crippen LogP contribution in [0.3, 0.4) is 0 Å². The maximum absolute atomic E-state index is 5.98. The molecule has 3 heterocycles. The fraction of sp³-hybridized carbons (Fsp3) is 0.231. The van der Waals surface area contributed by atoms with Gasteiger partial charge in [-0.2, -0.15) is 20.1 Å². The van der Waals surface area contributed by atoms with Crippen LogP contribution in [0.4, 0.5) is 5.95 Å². The quantitative estimate of drug-likeness (QED) is 0.781. The summed E-state index contributed by atoms with van der Waals surface area (Å²) in [6, 6.07) is 6.06. The Morgan fingerprint density at radius 2 is 2.24 bits per heavy atom. The zero-order valence-corrected chi connectivity index (χ0v) is 12.8. The second-order valence-corrected chi connectivity index (χ2v) is 5.62. The lowest BCUT2D eigenvalue weighted by Crippen LogP contribution is -2.13. The van der Waals surface area contributed by atoms with Gasteiger partial charge in [-0.25, -0.2) is 4.68 Å². The van der Waals surface area contributed by atoms with Crippen molar-refractivity contribution in [3.05, 3.63) is 46.1 Å². The van der Waals surface area contributed by atoms with Gasteiger partial charge in [0.05, 0.1) is 6.04 Å². The summed E-state index contributed by atoms with van der Waals surface area (Å²) in [6.45, 7) is 2.11. The van der Waals surface area contributed by atoms with E-state index >= 15 is 0 Å². The molecule has 0 aliphatic heterocycles. The molecule has 0 spiro atoms. The van der Waals surface area contributed by atoms with Crippen LogP contribution in [-0.4, -0.2) is 24.7 Å². The van der Waals surface area contributed by atoms with Crippen LogP contribution in [0.1, 0.15) is 24.3 Å². The Balaban J connectivity index is 1.88.